The van der Waals surface area contributed by atoms with E-state index in [1.54, 1.807) is 7.11 Å². The fourth-order valence-corrected chi connectivity index (χ4v) is 4.70. The van der Waals surface area contributed by atoms with Crippen LogP contribution in [-0.4, -0.2) is 37.3 Å². The number of pyridine rings is 1. The van der Waals surface area contributed by atoms with Crippen molar-refractivity contribution >= 4 is 29.1 Å². The molecule has 3 aromatic rings. The molecule has 0 saturated heterocycles. The van der Waals surface area contributed by atoms with E-state index in [1.807, 2.05) is 36.5 Å². The summed E-state index contributed by atoms with van der Waals surface area (Å²) in [6.45, 7) is 11.9. The van der Waals surface area contributed by atoms with Gasteiger partial charge in [-0.25, -0.2) is 4.98 Å². The molecule has 0 saturated carbocycles. The first-order chi connectivity index (χ1) is 20.0. The van der Waals surface area contributed by atoms with Crippen LogP contribution in [0.5, 0.6) is 5.75 Å². The number of amides is 1. The second-order valence-electron chi connectivity index (χ2n) is 10.6. The Bertz CT molecular complexity index is 1370. The number of aromatic nitrogens is 1. The van der Waals surface area contributed by atoms with Crippen LogP contribution in [0.25, 0.3) is 22.8 Å². The number of carbonyl (C=O) groups excluding carboxylic acids is 1. The van der Waals surface area contributed by atoms with Crippen molar-refractivity contribution in [3.63, 3.8) is 0 Å². The summed E-state index contributed by atoms with van der Waals surface area (Å²) in [6, 6.07) is 16.2. The number of methoxy groups -OCH3 is 1. The SMILES string of the molecule is CCC(F)(F)F.CCCN(CCC(C)CC)c1ccc(/C=C2\C(=O)Nc3ccc(-c4c(C)cccc4OC)cc32)cn1. The summed E-state index contributed by atoms with van der Waals surface area (Å²) in [5.74, 6) is 2.43. The van der Waals surface area contributed by atoms with Crippen molar-refractivity contribution < 1.29 is 22.7 Å². The summed E-state index contributed by atoms with van der Waals surface area (Å²) in [6.07, 6.45) is 2.55. The second-order valence-corrected chi connectivity index (χ2v) is 10.6. The summed E-state index contributed by atoms with van der Waals surface area (Å²) in [4.78, 5) is 20.0. The standard InChI is InChI=1S/C31H37N3O2.C3H5F3/c1-6-16-34(17-15-21(3)7-2)29-14-11-23(20-32-29)18-26-25-19-24(12-13-27(25)33-31(26)35)30-22(4)9-8-10-28(30)36-5;1-2-3(4,5)6/h8-14,18-21H,6-7,15-17H2,1-5H3,(H,33,35);2H2,1H3/b26-18-;. The van der Waals surface area contributed by atoms with Crippen LogP contribution in [-0.2, 0) is 4.79 Å². The highest BCUT2D eigenvalue weighted by Gasteiger charge is 2.25. The molecule has 4 rings (SSSR count). The average molecular weight is 582 g/mol. The molecule has 0 fully saturated rings. The molecule has 42 heavy (non-hydrogen) atoms. The highest BCUT2D eigenvalue weighted by atomic mass is 19.4. The molecule has 1 aromatic heterocycles. The molecule has 0 radical (unpaired) electrons. The maximum absolute atomic E-state index is 12.9. The third-order valence-corrected chi connectivity index (χ3v) is 7.43. The number of fused-ring (bicyclic) bond motifs is 1. The minimum atomic E-state index is -3.96. The Balaban J connectivity index is 0.000000730. The van der Waals surface area contributed by atoms with Crippen LogP contribution in [0.1, 0.15) is 70.1 Å². The molecule has 1 unspecified atom stereocenters. The van der Waals surface area contributed by atoms with Gasteiger partial charge in [0.05, 0.1) is 7.11 Å². The van der Waals surface area contributed by atoms with Crippen molar-refractivity contribution in [3.05, 3.63) is 71.4 Å². The summed E-state index contributed by atoms with van der Waals surface area (Å²) >= 11 is 0. The first-order valence-corrected chi connectivity index (χ1v) is 14.6. The molecular formula is C34H42F3N3O2. The van der Waals surface area contributed by atoms with E-state index in [2.05, 4.69) is 62.2 Å². The van der Waals surface area contributed by atoms with Crippen LogP contribution < -0.4 is 15.0 Å². The molecule has 0 bridgehead atoms. The Morgan fingerprint density at radius 3 is 2.40 bits per heavy atom. The fourth-order valence-electron chi connectivity index (χ4n) is 4.70. The maximum atomic E-state index is 12.9. The molecule has 2 heterocycles. The zero-order chi connectivity index (χ0) is 30.9. The quantitative estimate of drug-likeness (QED) is 0.243. The lowest BCUT2D eigenvalue weighted by Gasteiger charge is -2.24. The Labute approximate surface area is 247 Å². The molecule has 1 aliphatic heterocycles. The number of ether oxygens (including phenoxy) is 1. The summed E-state index contributed by atoms with van der Waals surface area (Å²) in [5.41, 5.74) is 6.48. The Hall–Kier alpha value is -3.81. The average Bonchev–Trinajstić information content (AvgIpc) is 3.29. The van der Waals surface area contributed by atoms with Crippen LogP contribution in [0.15, 0.2) is 54.7 Å². The molecule has 1 amide bonds. The van der Waals surface area contributed by atoms with Crippen molar-refractivity contribution in [2.75, 3.05) is 30.4 Å². The first-order valence-electron chi connectivity index (χ1n) is 14.6. The van der Waals surface area contributed by atoms with Gasteiger partial charge < -0.3 is 15.0 Å². The van der Waals surface area contributed by atoms with E-state index in [0.29, 0.717) is 11.5 Å². The number of hydrogen-bond acceptors (Lipinski definition) is 4. The number of alkyl halides is 3. The lowest BCUT2D eigenvalue weighted by Crippen LogP contribution is -2.27. The topological polar surface area (TPSA) is 54.5 Å². The summed E-state index contributed by atoms with van der Waals surface area (Å²) in [7, 11) is 1.69. The predicted octanol–water partition coefficient (Wildman–Crippen LogP) is 9.17. The molecule has 2 aromatic carbocycles. The van der Waals surface area contributed by atoms with Gasteiger partial charge in [-0.2, -0.15) is 13.2 Å². The van der Waals surface area contributed by atoms with Gasteiger partial charge in [-0.3, -0.25) is 4.79 Å². The monoisotopic (exact) mass is 581 g/mol. The lowest BCUT2D eigenvalue weighted by molar-refractivity contribution is -0.130. The van der Waals surface area contributed by atoms with Crippen LogP contribution in [0, 0.1) is 12.8 Å². The van der Waals surface area contributed by atoms with Gasteiger partial charge in [-0.05, 0) is 78.8 Å². The third kappa shape index (κ3) is 8.60. The number of halogens is 3. The molecular weight excluding hydrogens is 539 g/mol. The Kier molecular flexibility index (Phi) is 11.6. The minimum absolute atomic E-state index is 0.0934. The molecule has 1 N–H and O–H groups in total. The van der Waals surface area contributed by atoms with Crippen molar-refractivity contribution in [1.29, 1.82) is 0 Å². The zero-order valence-corrected chi connectivity index (χ0v) is 25.4. The molecule has 5 nitrogen and oxygen atoms in total. The smallest absolute Gasteiger partial charge is 0.388 e. The molecule has 8 heteroatoms. The van der Waals surface area contributed by atoms with E-state index in [-0.39, 0.29) is 5.91 Å². The van der Waals surface area contributed by atoms with Crippen LogP contribution >= 0.6 is 0 Å². The summed E-state index contributed by atoms with van der Waals surface area (Å²) in [5, 5.41) is 3.00. The van der Waals surface area contributed by atoms with Crippen LogP contribution in [0.4, 0.5) is 24.7 Å². The molecule has 0 spiro atoms. The van der Waals surface area contributed by atoms with E-state index in [0.717, 1.165) is 77.9 Å². The molecule has 1 atom stereocenters. The highest BCUT2D eigenvalue weighted by molar-refractivity contribution is 6.35. The van der Waals surface area contributed by atoms with Gasteiger partial charge in [0, 0.05) is 48.1 Å². The Morgan fingerprint density at radius 1 is 1.07 bits per heavy atom. The van der Waals surface area contributed by atoms with Gasteiger partial charge in [-0.15, -0.1) is 0 Å². The zero-order valence-electron chi connectivity index (χ0n) is 25.4. The number of benzene rings is 2. The first kappa shape index (κ1) is 32.7. The van der Waals surface area contributed by atoms with Gasteiger partial charge in [0.1, 0.15) is 11.6 Å². The van der Waals surface area contributed by atoms with E-state index in [9.17, 15) is 18.0 Å². The van der Waals surface area contributed by atoms with Crippen molar-refractivity contribution in [2.24, 2.45) is 5.92 Å². The molecule has 1 aliphatic rings. The highest BCUT2D eigenvalue weighted by Crippen LogP contribution is 2.40. The summed E-state index contributed by atoms with van der Waals surface area (Å²) < 4.78 is 38.0. The third-order valence-electron chi connectivity index (χ3n) is 7.43. The number of nitrogens with one attached hydrogen (secondary N) is 1. The van der Waals surface area contributed by atoms with Crippen molar-refractivity contribution in [3.8, 4) is 16.9 Å². The normalized spacial score (nSPS) is 14.1. The van der Waals surface area contributed by atoms with Gasteiger partial charge in [0.2, 0.25) is 0 Å². The molecule has 0 aliphatic carbocycles. The van der Waals surface area contributed by atoms with E-state index in [1.165, 1.54) is 6.42 Å². The van der Waals surface area contributed by atoms with Crippen molar-refractivity contribution in [2.45, 2.75) is 66.5 Å². The van der Waals surface area contributed by atoms with Crippen LogP contribution in [0.2, 0.25) is 0 Å². The lowest BCUT2D eigenvalue weighted by atomic mass is 9.95. The largest absolute Gasteiger partial charge is 0.496 e. The van der Waals surface area contributed by atoms with E-state index in [4.69, 9.17) is 9.72 Å². The van der Waals surface area contributed by atoms with Gasteiger partial charge in [0.25, 0.3) is 5.91 Å². The molecule has 226 valence electrons. The van der Waals surface area contributed by atoms with Crippen LogP contribution in [0.3, 0.4) is 0 Å². The number of hydrogen-bond donors (Lipinski definition) is 1. The van der Waals surface area contributed by atoms with E-state index < -0.39 is 12.6 Å². The number of carbonyl (C=O) groups is 1. The number of aryl methyl sites for hydroxylation is 1. The number of anilines is 2. The van der Waals surface area contributed by atoms with Gasteiger partial charge >= 0.3 is 6.18 Å². The van der Waals surface area contributed by atoms with E-state index >= 15 is 0 Å². The second kappa shape index (κ2) is 14.9. The number of nitrogens with zero attached hydrogens (tertiary/aromatic N) is 2. The fraction of sp³-hybridized carbons (Fsp3) is 0.412. The van der Waals surface area contributed by atoms with Crippen molar-refractivity contribution in [1.82, 2.24) is 4.98 Å². The predicted molar refractivity (Wildman–Crippen MR) is 167 cm³/mol. The number of rotatable bonds is 10. The Morgan fingerprint density at radius 2 is 1.81 bits per heavy atom. The van der Waals surface area contributed by atoms with Gasteiger partial charge in [-0.1, -0.05) is 52.3 Å². The van der Waals surface area contributed by atoms with Gasteiger partial charge in [0.15, 0.2) is 0 Å². The maximum Gasteiger partial charge on any atom is 0.388 e. The minimum Gasteiger partial charge on any atom is -0.496 e.